The number of carbonyl (C=O) groups is 1. The molecule has 7 heteroatoms. The first-order valence-corrected chi connectivity index (χ1v) is 10.5. The SMILES string of the molecule is COc1c2c(cc3c1[C@@H](CC(=O)c1ccc(-c4ccc(Cl)cc4)o1)N(C)CC3)OCO2. The van der Waals surface area contributed by atoms with Gasteiger partial charge in [-0.05, 0) is 61.5 Å². The summed E-state index contributed by atoms with van der Waals surface area (Å²) in [5.74, 6) is 2.87. The summed E-state index contributed by atoms with van der Waals surface area (Å²) in [4.78, 5) is 15.3. The van der Waals surface area contributed by atoms with Crippen LogP contribution in [0.1, 0.15) is 34.1 Å². The first-order valence-electron chi connectivity index (χ1n) is 10.1. The first-order chi connectivity index (χ1) is 15.0. The lowest BCUT2D eigenvalue weighted by Gasteiger charge is -2.35. The van der Waals surface area contributed by atoms with Crippen molar-refractivity contribution in [3.8, 4) is 28.6 Å². The van der Waals surface area contributed by atoms with E-state index < -0.39 is 0 Å². The minimum Gasteiger partial charge on any atom is -0.492 e. The highest BCUT2D eigenvalue weighted by Gasteiger charge is 2.35. The number of nitrogens with zero attached hydrogens (tertiary/aromatic N) is 1. The number of Topliss-reactive ketones (excluding diaryl/α,β-unsaturated/α-hetero) is 1. The molecule has 6 nitrogen and oxygen atoms in total. The number of ketones is 1. The van der Waals surface area contributed by atoms with E-state index in [0.717, 1.165) is 29.7 Å². The second-order valence-corrected chi connectivity index (χ2v) is 8.20. The Morgan fingerprint density at radius 3 is 2.77 bits per heavy atom. The smallest absolute Gasteiger partial charge is 0.231 e. The van der Waals surface area contributed by atoms with Crippen LogP contribution in [0.25, 0.3) is 11.3 Å². The summed E-state index contributed by atoms with van der Waals surface area (Å²) >= 11 is 5.96. The van der Waals surface area contributed by atoms with E-state index in [0.29, 0.717) is 33.8 Å². The van der Waals surface area contributed by atoms with Crippen LogP contribution >= 0.6 is 11.6 Å². The second-order valence-electron chi connectivity index (χ2n) is 7.76. The van der Waals surface area contributed by atoms with Crippen molar-refractivity contribution >= 4 is 17.4 Å². The van der Waals surface area contributed by atoms with Gasteiger partial charge in [0.15, 0.2) is 23.0 Å². The molecule has 0 saturated heterocycles. The summed E-state index contributed by atoms with van der Waals surface area (Å²) in [6, 6.07) is 12.7. The number of carbonyl (C=O) groups excluding carboxylic acids is 1. The number of furan rings is 1. The lowest BCUT2D eigenvalue weighted by atomic mass is 9.88. The molecule has 3 aromatic rings. The molecule has 0 N–H and O–H groups in total. The Labute approximate surface area is 185 Å². The minimum absolute atomic E-state index is 0.0652. The fourth-order valence-electron chi connectivity index (χ4n) is 4.32. The average Bonchev–Trinajstić information content (AvgIpc) is 3.44. The van der Waals surface area contributed by atoms with E-state index in [2.05, 4.69) is 4.90 Å². The molecular formula is C24H22ClNO5. The maximum atomic E-state index is 13.2. The fourth-order valence-corrected chi connectivity index (χ4v) is 4.44. The fraction of sp³-hybridized carbons (Fsp3) is 0.292. The summed E-state index contributed by atoms with van der Waals surface area (Å²) in [6.45, 7) is 1.01. The molecule has 2 aliphatic heterocycles. The molecule has 5 rings (SSSR count). The van der Waals surface area contributed by atoms with Crippen LogP contribution in [0.2, 0.25) is 5.02 Å². The van der Waals surface area contributed by atoms with Gasteiger partial charge >= 0.3 is 0 Å². The highest BCUT2D eigenvalue weighted by Crippen LogP contribution is 2.50. The van der Waals surface area contributed by atoms with Crippen LogP contribution in [-0.2, 0) is 6.42 Å². The Kier molecular flexibility index (Phi) is 5.12. The molecule has 0 spiro atoms. The Hall–Kier alpha value is -2.96. The lowest BCUT2D eigenvalue weighted by Crippen LogP contribution is -2.34. The zero-order valence-electron chi connectivity index (χ0n) is 17.3. The van der Waals surface area contributed by atoms with Crippen LogP contribution < -0.4 is 14.2 Å². The van der Waals surface area contributed by atoms with Gasteiger partial charge in [0.1, 0.15) is 5.76 Å². The number of hydrogen-bond acceptors (Lipinski definition) is 6. The number of rotatable bonds is 5. The van der Waals surface area contributed by atoms with Crippen molar-refractivity contribution in [2.75, 3.05) is 27.5 Å². The molecule has 2 aliphatic rings. The zero-order valence-corrected chi connectivity index (χ0v) is 18.1. The molecule has 0 saturated carbocycles. The van der Waals surface area contributed by atoms with Gasteiger partial charge in [-0.3, -0.25) is 9.69 Å². The summed E-state index contributed by atoms with van der Waals surface area (Å²) < 4.78 is 22.8. The molecule has 2 aromatic carbocycles. The van der Waals surface area contributed by atoms with Crippen LogP contribution in [0.5, 0.6) is 17.2 Å². The van der Waals surface area contributed by atoms with E-state index in [1.54, 1.807) is 25.3 Å². The predicted molar refractivity (Wildman–Crippen MR) is 116 cm³/mol. The van der Waals surface area contributed by atoms with Gasteiger partial charge in [-0.25, -0.2) is 0 Å². The van der Waals surface area contributed by atoms with Crippen LogP contribution in [0.3, 0.4) is 0 Å². The quantitative estimate of drug-likeness (QED) is 0.513. The number of fused-ring (bicyclic) bond motifs is 2. The average molecular weight is 440 g/mol. The van der Waals surface area contributed by atoms with Crippen LogP contribution in [0, 0.1) is 0 Å². The third-order valence-electron chi connectivity index (χ3n) is 5.94. The molecular weight excluding hydrogens is 418 g/mol. The van der Waals surface area contributed by atoms with Crippen molar-refractivity contribution in [3.63, 3.8) is 0 Å². The molecule has 0 unspecified atom stereocenters. The molecule has 31 heavy (non-hydrogen) atoms. The Morgan fingerprint density at radius 1 is 1.19 bits per heavy atom. The van der Waals surface area contributed by atoms with Crippen molar-refractivity contribution in [3.05, 3.63) is 64.4 Å². The molecule has 160 valence electrons. The van der Waals surface area contributed by atoms with Crippen LogP contribution in [0.4, 0.5) is 0 Å². The topological polar surface area (TPSA) is 61.1 Å². The van der Waals surface area contributed by atoms with Gasteiger partial charge in [-0.1, -0.05) is 11.6 Å². The van der Waals surface area contributed by atoms with Crippen LogP contribution in [0.15, 0.2) is 46.9 Å². The van der Waals surface area contributed by atoms with Crippen molar-refractivity contribution in [2.45, 2.75) is 18.9 Å². The van der Waals surface area contributed by atoms with E-state index in [4.69, 9.17) is 30.2 Å². The monoisotopic (exact) mass is 439 g/mol. The Bertz CT molecular complexity index is 1140. The normalized spacial score (nSPS) is 17.5. The maximum absolute atomic E-state index is 13.2. The van der Waals surface area contributed by atoms with Crippen molar-refractivity contribution in [1.82, 2.24) is 4.90 Å². The minimum atomic E-state index is -0.148. The predicted octanol–water partition coefficient (Wildman–Crippen LogP) is 5.14. The number of methoxy groups -OCH3 is 1. The van der Waals surface area contributed by atoms with Crippen molar-refractivity contribution in [2.24, 2.45) is 0 Å². The van der Waals surface area contributed by atoms with E-state index in [9.17, 15) is 4.79 Å². The molecule has 0 amide bonds. The van der Waals surface area contributed by atoms with Gasteiger partial charge in [0.25, 0.3) is 0 Å². The standard InChI is InChI=1S/C24H22ClNO5/c1-26-10-9-15-11-21-23(30-13-29-21)24(28-2)22(15)17(26)12-18(27)20-8-7-19(31-20)14-3-5-16(25)6-4-14/h3-8,11,17H,9-10,12-13H2,1-2H3/t17-/m1/s1. The van der Waals surface area contributed by atoms with Crippen molar-refractivity contribution < 1.29 is 23.4 Å². The molecule has 0 fully saturated rings. The van der Waals surface area contributed by atoms with Gasteiger partial charge in [0, 0.05) is 35.2 Å². The maximum Gasteiger partial charge on any atom is 0.231 e. The Balaban J connectivity index is 1.44. The number of halogens is 1. The van der Waals surface area contributed by atoms with E-state index in [1.165, 1.54) is 0 Å². The van der Waals surface area contributed by atoms with Crippen LogP contribution in [-0.4, -0.2) is 38.2 Å². The van der Waals surface area contributed by atoms with E-state index >= 15 is 0 Å². The molecule has 1 aromatic heterocycles. The first kappa shape index (κ1) is 20.0. The van der Waals surface area contributed by atoms with Gasteiger partial charge in [-0.2, -0.15) is 0 Å². The highest BCUT2D eigenvalue weighted by atomic mass is 35.5. The number of ether oxygens (including phenoxy) is 3. The Morgan fingerprint density at radius 2 is 2.00 bits per heavy atom. The summed E-state index contributed by atoms with van der Waals surface area (Å²) in [5.41, 5.74) is 2.98. The molecule has 3 heterocycles. The molecule has 0 aliphatic carbocycles. The third-order valence-corrected chi connectivity index (χ3v) is 6.19. The zero-order chi connectivity index (χ0) is 21.5. The highest BCUT2D eigenvalue weighted by molar-refractivity contribution is 6.30. The number of benzene rings is 2. The molecule has 0 radical (unpaired) electrons. The van der Waals surface area contributed by atoms with Gasteiger partial charge in [0.05, 0.1) is 7.11 Å². The lowest BCUT2D eigenvalue weighted by molar-refractivity contribution is 0.0899. The summed E-state index contributed by atoms with van der Waals surface area (Å²) in [7, 11) is 3.64. The number of hydrogen-bond donors (Lipinski definition) is 0. The summed E-state index contributed by atoms with van der Waals surface area (Å²) in [6.07, 6.45) is 1.12. The molecule has 1 atom stereocenters. The second kappa shape index (κ2) is 7.94. The summed E-state index contributed by atoms with van der Waals surface area (Å²) in [5, 5.41) is 0.653. The van der Waals surface area contributed by atoms with Gasteiger partial charge < -0.3 is 18.6 Å². The largest absolute Gasteiger partial charge is 0.492 e. The van der Waals surface area contributed by atoms with Gasteiger partial charge in [-0.15, -0.1) is 0 Å². The van der Waals surface area contributed by atoms with Crippen molar-refractivity contribution in [1.29, 1.82) is 0 Å². The number of likely N-dealkylation sites (N-methyl/N-ethyl adjacent to an activating group) is 1. The van der Waals surface area contributed by atoms with E-state index in [-0.39, 0.29) is 25.0 Å². The van der Waals surface area contributed by atoms with Gasteiger partial charge in [0.2, 0.25) is 12.5 Å². The van der Waals surface area contributed by atoms with E-state index in [1.807, 2.05) is 31.3 Å². The third kappa shape index (κ3) is 3.56. The molecule has 0 bridgehead atoms.